The van der Waals surface area contributed by atoms with Crippen molar-refractivity contribution < 1.29 is 4.74 Å². The molecule has 0 aliphatic carbocycles. The van der Waals surface area contributed by atoms with Crippen molar-refractivity contribution in [2.45, 2.75) is 25.7 Å². The van der Waals surface area contributed by atoms with Crippen molar-refractivity contribution in [2.75, 3.05) is 19.8 Å². The van der Waals surface area contributed by atoms with E-state index < -0.39 is 0 Å². The molecule has 15 heavy (non-hydrogen) atoms. The predicted octanol–water partition coefficient (Wildman–Crippen LogP) is 2.31. The zero-order valence-corrected chi connectivity index (χ0v) is 10.3. The molecule has 1 aromatic heterocycles. The molecule has 3 heteroatoms. The molecule has 2 nitrogen and oxygen atoms in total. The first kappa shape index (κ1) is 11.1. The van der Waals surface area contributed by atoms with Gasteiger partial charge >= 0.3 is 0 Å². The fraction of sp³-hybridized carbons (Fsp3) is 0.667. The molecule has 0 radical (unpaired) electrons. The largest absolute Gasteiger partial charge is 0.379 e. The molecule has 1 atom stereocenters. The van der Waals surface area contributed by atoms with E-state index in [0.29, 0.717) is 5.92 Å². The first-order chi connectivity index (χ1) is 7.20. The molecule has 2 N–H and O–H groups in total. The molecule has 84 valence electrons. The molecular formula is C12H19NOS. The van der Waals surface area contributed by atoms with E-state index in [0.717, 1.165) is 26.2 Å². The highest BCUT2D eigenvalue weighted by Gasteiger charge is 2.46. The van der Waals surface area contributed by atoms with E-state index in [1.54, 1.807) is 0 Å². The standard InChI is InChI=1S/C12H19NOS/c1-9-4-6-15-11(9)12(7-14-8-12)10(2)3-5-13/h4,6,10H,3,5,7-8,13H2,1-2H3. The summed E-state index contributed by atoms with van der Waals surface area (Å²) < 4.78 is 5.45. The van der Waals surface area contributed by atoms with Crippen molar-refractivity contribution in [1.29, 1.82) is 0 Å². The summed E-state index contributed by atoms with van der Waals surface area (Å²) in [7, 11) is 0. The highest BCUT2D eigenvalue weighted by molar-refractivity contribution is 7.10. The highest BCUT2D eigenvalue weighted by Crippen LogP contribution is 2.44. The lowest BCUT2D eigenvalue weighted by Gasteiger charge is -2.46. The second-order valence-corrected chi connectivity index (χ2v) is 5.48. The molecule has 1 saturated heterocycles. The van der Waals surface area contributed by atoms with E-state index in [9.17, 15) is 0 Å². The van der Waals surface area contributed by atoms with Crippen LogP contribution in [-0.2, 0) is 10.2 Å². The number of rotatable bonds is 4. The average molecular weight is 225 g/mol. The number of thiophene rings is 1. The highest BCUT2D eigenvalue weighted by atomic mass is 32.1. The molecule has 1 aliphatic rings. The van der Waals surface area contributed by atoms with Crippen LogP contribution in [0.2, 0.25) is 0 Å². The molecule has 1 aromatic rings. The molecule has 0 aromatic carbocycles. The molecule has 1 aliphatic heterocycles. The second kappa shape index (κ2) is 4.24. The summed E-state index contributed by atoms with van der Waals surface area (Å²) in [4.78, 5) is 1.51. The number of aryl methyl sites for hydroxylation is 1. The molecule has 1 fully saturated rings. The summed E-state index contributed by atoms with van der Waals surface area (Å²) in [6.45, 7) is 7.01. The summed E-state index contributed by atoms with van der Waals surface area (Å²) in [5.74, 6) is 0.619. The summed E-state index contributed by atoms with van der Waals surface area (Å²) >= 11 is 1.87. The van der Waals surface area contributed by atoms with Gasteiger partial charge in [-0.05, 0) is 42.8 Å². The van der Waals surface area contributed by atoms with Crippen LogP contribution < -0.4 is 5.73 Å². The van der Waals surface area contributed by atoms with Crippen LogP contribution in [0.5, 0.6) is 0 Å². The molecule has 0 saturated carbocycles. The van der Waals surface area contributed by atoms with E-state index in [1.807, 2.05) is 11.3 Å². The van der Waals surface area contributed by atoms with Crippen LogP contribution in [0, 0.1) is 12.8 Å². The molecule has 2 heterocycles. The SMILES string of the molecule is Cc1ccsc1C1(C(C)CCN)COC1. The number of nitrogens with two attached hydrogens (primary N) is 1. The van der Waals surface area contributed by atoms with Gasteiger partial charge in [0.1, 0.15) is 0 Å². The predicted molar refractivity (Wildman–Crippen MR) is 64.4 cm³/mol. The normalized spacial score (nSPS) is 21.0. The minimum absolute atomic E-state index is 0.262. The van der Waals surface area contributed by atoms with Crippen molar-refractivity contribution in [2.24, 2.45) is 11.7 Å². The van der Waals surface area contributed by atoms with Gasteiger partial charge in [-0.3, -0.25) is 0 Å². The Morgan fingerprint density at radius 2 is 2.33 bits per heavy atom. The summed E-state index contributed by atoms with van der Waals surface area (Å²) in [5.41, 5.74) is 7.33. The van der Waals surface area contributed by atoms with Crippen LogP contribution in [0.25, 0.3) is 0 Å². The monoisotopic (exact) mass is 225 g/mol. The molecule has 0 bridgehead atoms. The Balaban J connectivity index is 2.26. The zero-order chi connectivity index (χ0) is 10.9. The smallest absolute Gasteiger partial charge is 0.0596 e. The van der Waals surface area contributed by atoms with Crippen LogP contribution in [0.15, 0.2) is 11.4 Å². The van der Waals surface area contributed by atoms with Crippen LogP contribution in [-0.4, -0.2) is 19.8 Å². The first-order valence-corrected chi connectivity index (χ1v) is 6.41. The topological polar surface area (TPSA) is 35.2 Å². The van der Waals surface area contributed by atoms with Crippen molar-refractivity contribution in [3.63, 3.8) is 0 Å². The molecule has 0 spiro atoms. The van der Waals surface area contributed by atoms with Crippen LogP contribution >= 0.6 is 11.3 Å². The van der Waals surface area contributed by atoms with Gasteiger partial charge in [0, 0.05) is 4.88 Å². The van der Waals surface area contributed by atoms with Gasteiger partial charge in [-0.1, -0.05) is 6.92 Å². The van der Waals surface area contributed by atoms with Gasteiger partial charge in [-0.15, -0.1) is 11.3 Å². The molecule has 2 rings (SSSR count). The van der Waals surface area contributed by atoms with Gasteiger partial charge in [0.15, 0.2) is 0 Å². The molecule has 1 unspecified atom stereocenters. The Morgan fingerprint density at radius 1 is 1.60 bits per heavy atom. The van der Waals surface area contributed by atoms with Gasteiger partial charge in [0.2, 0.25) is 0 Å². The Bertz CT molecular complexity index is 330. The maximum Gasteiger partial charge on any atom is 0.0596 e. The van der Waals surface area contributed by atoms with Gasteiger partial charge in [-0.25, -0.2) is 0 Å². The number of hydrogen-bond acceptors (Lipinski definition) is 3. The van der Waals surface area contributed by atoms with Crippen LogP contribution in [0.3, 0.4) is 0 Å². The minimum atomic E-state index is 0.262. The van der Waals surface area contributed by atoms with E-state index >= 15 is 0 Å². The lowest BCUT2D eigenvalue weighted by atomic mass is 9.71. The van der Waals surface area contributed by atoms with Crippen molar-refractivity contribution >= 4 is 11.3 Å². The quantitative estimate of drug-likeness (QED) is 0.853. The van der Waals surface area contributed by atoms with Gasteiger partial charge in [-0.2, -0.15) is 0 Å². The summed E-state index contributed by atoms with van der Waals surface area (Å²) in [6, 6.07) is 2.20. The van der Waals surface area contributed by atoms with Crippen molar-refractivity contribution in [3.8, 4) is 0 Å². The van der Waals surface area contributed by atoms with E-state index in [2.05, 4.69) is 25.3 Å². The Kier molecular flexibility index (Phi) is 3.14. The summed E-state index contributed by atoms with van der Waals surface area (Å²) in [5, 5.41) is 2.18. The maximum atomic E-state index is 5.66. The second-order valence-electron chi connectivity index (χ2n) is 4.56. The Morgan fingerprint density at radius 3 is 2.73 bits per heavy atom. The van der Waals surface area contributed by atoms with Gasteiger partial charge < -0.3 is 10.5 Å². The average Bonchev–Trinajstić information content (AvgIpc) is 2.51. The van der Waals surface area contributed by atoms with Crippen molar-refractivity contribution in [1.82, 2.24) is 0 Å². The number of hydrogen-bond donors (Lipinski definition) is 1. The lowest BCUT2D eigenvalue weighted by Crippen LogP contribution is -2.51. The summed E-state index contributed by atoms with van der Waals surface area (Å²) in [6.07, 6.45) is 1.08. The molecular weight excluding hydrogens is 206 g/mol. The minimum Gasteiger partial charge on any atom is -0.379 e. The van der Waals surface area contributed by atoms with E-state index in [1.165, 1.54) is 10.4 Å². The van der Waals surface area contributed by atoms with Crippen LogP contribution in [0.4, 0.5) is 0 Å². The first-order valence-electron chi connectivity index (χ1n) is 5.53. The third-order valence-corrected chi connectivity index (χ3v) is 4.81. The fourth-order valence-corrected chi connectivity index (χ4v) is 3.59. The van der Waals surface area contributed by atoms with Gasteiger partial charge in [0.05, 0.1) is 18.6 Å². The van der Waals surface area contributed by atoms with Gasteiger partial charge in [0.25, 0.3) is 0 Å². The maximum absolute atomic E-state index is 5.66. The Labute approximate surface area is 95.4 Å². The van der Waals surface area contributed by atoms with Crippen molar-refractivity contribution in [3.05, 3.63) is 21.9 Å². The van der Waals surface area contributed by atoms with Crippen LogP contribution in [0.1, 0.15) is 23.8 Å². The number of ether oxygens (including phenoxy) is 1. The van der Waals surface area contributed by atoms with E-state index in [-0.39, 0.29) is 5.41 Å². The molecule has 0 amide bonds. The zero-order valence-electron chi connectivity index (χ0n) is 9.45. The van der Waals surface area contributed by atoms with E-state index in [4.69, 9.17) is 10.5 Å². The lowest BCUT2D eigenvalue weighted by molar-refractivity contribution is -0.0866. The third kappa shape index (κ3) is 1.73. The fourth-order valence-electron chi connectivity index (χ4n) is 2.37. The third-order valence-electron chi connectivity index (χ3n) is 3.58. The Hall–Kier alpha value is -0.380.